The number of aryl methyl sites for hydroxylation is 1. The number of amides is 1. The second kappa shape index (κ2) is 10.3. The van der Waals surface area contributed by atoms with Gasteiger partial charge in [0.15, 0.2) is 0 Å². The van der Waals surface area contributed by atoms with Gasteiger partial charge in [0.05, 0.1) is 45.6 Å². The molecule has 0 saturated carbocycles. The Balaban J connectivity index is 1.63. The van der Waals surface area contributed by atoms with E-state index in [1.807, 2.05) is 0 Å². The van der Waals surface area contributed by atoms with Gasteiger partial charge < -0.3 is 9.64 Å². The van der Waals surface area contributed by atoms with Crippen LogP contribution in [0.15, 0.2) is 30.5 Å². The monoisotopic (exact) mass is 555 g/mol. The molecule has 7 nitrogen and oxygen atoms in total. The van der Waals surface area contributed by atoms with E-state index in [4.69, 9.17) is 27.9 Å². The predicted octanol–water partition coefficient (Wildman–Crippen LogP) is 5.77. The number of carbonyl (C=O) groups excluding carboxylic acids is 3. The van der Waals surface area contributed by atoms with Gasteiger partial charge in [-0.15, -0.1) is 0 Å². The lowest BCUT2D eigenvalue weighted by molar-refractivity contribution is -0.142. The first-order valence-corrected chi connectivity index (χ1v) is 12.1. The minimum Gasteiger partial charge on any atom is -0.469 e. The number of piperidine rings is 1. The molecule has 1 aliphatic heterocycles. The molecular weight excluding hydrogens is 534 g/mol. The third kappa shape index (κ3) is 5.31. The predicted molar refractivity (Wildman–Crippen MR) is 131 cm³/mol. The molecule has 0 spiro atoms. The number of alkyl halides is 3. The van der Waals surface area contributed by atoms with E-state index in [0.717, 1.165) is 23.0 Å². The van der Waals surface area contributed by atoms with E-state index in [1.54, 1.807) is 4.90 Å². The summed E-state index contributed by atoms with van der Waals surface area (Å²) in [5.41, 5.74) is -0.615. The summed E-state index contributed by atoms with van der Waals surface area (Å²) in [6, 6.07) is 4.64. The van der Waals surface area contributed by atoms with E-state index in [-0.39, 0.29) is 55.9 Å². The standard InChI is InChI=1S/C25H22Cl2F3N3O4/c1-13-9-16(25(28,29)30)11-15-12-31-33(22(13)15)24(36)20-18(26)4-3-17(21(20)27)23(35)32-7-5-14(6-8-32)10-19(34)37-2/h3-4,9,11-12,14H,5-8,10H2,1-2H3. The van der Waals surface area contributed by atoms with Gasteiger partial charge in [-0.1, -0.05) is 23.2 Å². The number of esters is 1. The number of rotatable bonds is 4. The highest BCUT2D eigenvalue weighted by Crippen LogP contribution is 2.35. The molecule has 196 valence electrons. The SMILES string of the molecule is COC(=O)CC1CCN(C(=O)c2ccc(Cl)c(C(=O)n3ncc4cc(C(F)(F)F)cc(C)c43)c2Cl)CC1. The number of nitrogens with zero attached hydrogens (tertiary/aromatic N) is 3. The minimum atomic E-state index is -4.56. The van der Waals surface area contributed by atoms with E-state index in [2.05, 4.69) is 5.10 Å². The Kier molecular flexibility index (Phi) is 7.52. The lowest BCUT2D eigenvalue weighted by atomic mass is 9.93. The Bertz CT molecular complexity index is 1400. The first-order valence-electron chi connectivity index (χ1n) is 11.4. The lowest BCUT2D eigenvalue weighted by Crippen LogP contribution is -2.39. The topological polar surface area (TPSA) is 81.5 Å². The molecule has 12 heteroatoms. The van der Waals surface area contributed by atoms with Crippen LogP contribution in [0.4, 0.5) is 13.2 Å². The van der Waals surface area contributed by atoms with Crippen LogP contribution >= 0.6 is 23.2 Å². The van der Waals surface area contributed by atoms with Crippen LogP contribution in [-0.2, 0) is 15.7 Å². The van der Waals surface area contributed by atoms with Crippen molar-refractivity contribution in [1.29, 1.82) is 0 Å². The Hall–Kier alpha value is -3.11. The fourth-order valence-corrected chi connectivity index (χ4v) is 5.15. The summed E-state index contributed by atoms with van der Waals surface area (Å²) >= 11 is 12.8. The summed E-state index contributed by atoms with van der Waals surface area (Å²) in [6.45, 7) is 2.23. The van der Waals surface area contributed by atoms with Crippen LogP contribution in [-0.4, -0.2) is 52.7 Å². The third-order valence-electron chi connectivity index (χ3n) is 6.49. The Morgan fingerprint density at radius 1 is 1.11 bits per heavy atom. The number of fused-ring (bicyclic) bond motifs is 1. The Morgan fingerprint density at radius 3 is 2.41 bits per heavy atom. The molecule has 1 aliphatic rings. The van der Waals surface area contributed by atoms with Crippen molar-refractivity contribution in [2.45, 2.75) is 32.4 Å². The first kappa shape index (κ1) is 26.9. The molecule has 0 bridgehead atoms. The van der Waals surface area contributed by atoms with Gasteiger partial charge in [0.2, 0.25) is 0 Å². The van der Waals surface area contributed by atoms with Gasteiger partial charge in [-0.05, 0) is 55.5 Å². The van der Waals surface area contributed by atoms with E-state index >= 15 is 0 Å². The molecule has 0 atom stereocenters. The van der Waals surface area contributed by atoms with Crippen molar-refractivity contribution in [1.82, 2.24) is 14.7 Å². The van der Waals surface area contributed by atoms with Gasteiger partial charge in [0.25, 0.3) is 11.8 Å². The lowest BCUT2D eigenvalue weighted by Gasteiger charge is -2.32. The van der Waals surface area contributed by atoms with Crippen LogP contribution in [0.3, 0.4) is 0 Å². The molecule has 0 aliphatic carbocycles. The number of benzene rings is 2. The van der Waals surface area contributed by atoms with Crippen molar-refractivity contribution >= 4 is 51.9 Å². The normalized spacial score (nSPS) is 14.7. The molecule has 2 heterocycles. The van der Waals surface area contributed by atoms with Gasteiger partial charge in [-0.25, -0.2) is 0 Å². The number of aromatic nitrogens is 2. The van der Waals surface area contributed by atoms with E-state index in [9.17, 15) is 27.6 Å². The number of hydrogen-bond acceptors (Lipinski definition) is 5. The van der Waals surface area contributed by atoms with Crippen molar-refractivity contribution in [2.75, 3.05) is 20.2 Å². The summed E-state index contributed by atoms with van der Waals surface area (Å²) in [5, 5.41) is 3.91. The number of ether oxygens (including phenoxy) is 1. The fourth-order valence-electron chi connectivity index (χ4n) is 4.54. The van der Waals surface area contributed by atoms with Crippen molar-refractivity contribution in [3.05, 3.63) is 62.8 Å². The number of carbonyl (C=O) groups is 3. The van der Waals surface area contributed by atoms with Gasteiger partial charge in [-0.2, -0.15) is 23.0 Å². The molecule has 4 rings (SSSR count). The number of likely N-dealkylation sites (tertiary alicyclic amines) is 1. The molecule has 1 saturated heterocycles. The maximum Gasteiger partial charge on any atom is 0.416 e. The van der Waals surface area contributed by atoms with Crippen molar-refractivity contribution in [2.24, 2.45) is 5.92 Å². The highest BCUT2D eigenvalue weighted by molar-refractivity contribution is 6.41. The molecule has 1 aromatic heterocycles. The average Bonchev–Trinajstić information content (AvgIpc) is 3.28. The van der Waals surface area contributed by atoms with Crippen molar-refractivity contribution in [3.8, 4) is 0 Å². The van der Waals surface area contributed by atoms with Crippen LogP contribution < -0.4 is 0 Å². The molecule has 0 unspecified atom stereocenters. The number of halogens is 5. The van der Waals surface area contributed by atoms with E-state index < -0.39 is 23.6 Å². The summed E-state index contributed by atoms with van der Waals surface area (Å²) in [5.74, 6) is -1.38. The summed E-state index contributed by atoms with van der Waals surface area (Å²) in [4.78, 5) is 39.8. The molecule has 0 radical (unpaired) electrons. The largest absolute Gasteiger partial charge is 0.469 e. The second-order valence-corrected chi connectivity index (χ2v) is 9.68. The van der Waals surface area contributed by atoms with Crippen molar-refractivity contribution in [3.63, 3.8) is 0 Å². The summed E-state index contributed by atoms with van der Waals surface area (Å²) < 4.78 is 45.3. The highest BCUT2D eigenvalue weighted by atomic mass is 35.5. The van der Waals surface area contributed by atoms with E-state index in [1.165, 1.54) is 26.2 Å². The zero-order valence-electron chi connectivity index (χ0n) is 19.9. The molecule has 2 aromatic carbocycles. The zero-order valence-corrected chi connectivity index (χ0v) is 21.4. The van der Waals surface area contributed by atoms with Crippen LogP contribution in [0, 0.1) is 12.8 Å². The number of methoxy groups -OCH3 is 1. The van der Waals surface area contributed by atoms with Crippen LogP contribution in [0.1, 0.15) is 51.1 Å². The second-order valence-electron chi connectivity index (χ2n) is 8.89. The molecule has 37 heavy (non-hydrogen) atoms. The summed E-state index contributed by atoms with van der Waals surface area (Å²) in [6.07, 6.45) is -1.90. The average molecular weight is 556 g/mol. The van der Waals surface area contributed by atoms with Crippen LogP contribution in [0.2, 0.25) is 10.0 Å². The quantitative estimate of drug-likeness (QED) is 0.381. The van der Waals surface area contributed by atoms with E-state index in [0.29, 0.717) is 25.9 Å². The molecule has 1 fully saturated rings. The maximum atomic E-state index is 13.5. The maximum absolute atomic E-state index is 13.5. The molecular formula is C25H22Cl2F3N3O4. The molecule has 3 aromatic rings. The minimum absolute atomic E-state index is 0.0310. The summed E-state index contributed by atoms with van der Waals surface area (Å²) in [7, 11) is 1.33. The first-order chi connectivity index (χ1) is 17.4. The smallest absolute Gasteiger partial charge is 0.416 e. The fraction of sp³-hybridized carbons (Fsp3) is 0.360. The Labute approximate surface area is 220 Å². The van der Waals surface area contributed by atoms with Gasteiger partial charge >= 0.3 is 12.1 Å². The zero-order chi connectivity index (χ0) is 27.1. The molecule has 1 amide bonds. The number of hydrogen-bond donors (Lipinski definition) is 0. The third-order valence-corrected chi connectivity index (χ3v) is 7.20. The molecule has 0 N–H and O–H groups in total. The van der Waals surface area contributed by atoms with Gasteiger partial charge in [0.1, 0.15) is 0 Å². The van der Waals surface area contributed by atoms with Gasteiger partial charge in [-0.3, -0.25) is 14.4 Å². The Morgan fingerprint density at radius 2 is 1.78 bits per heavy atom. The van der Waals surface area contributed by atoms with Crippen LogP contribution in [0.5, 0.6) is 0 Å². The van der Waals surface area contributed by atoms with Crippen LogP contribution in [0.25, 0.3) is 10.9 Å². The van der Waals surface area contributed by atoms with Gasteiger partial charge in [0, 0.05) is 24.9 Å². The highest BCUT2D eigenvalue weighted by Gasteiger charge is 2.33. The van der Waals surface area contributed by atoms with Crippen molar-refractivity contribution < 1.29 is 32.3 Å².